The predicted molar refractivity (Wildman–Crippen MR) is 123 cm³/mol. The highest BCUT2D eigenvalue weighted by Gasteiger charge is 2.16. The number of hydrogen-bond acceptors (Lipinski definition) is 3. The summed E-state index contributed by atoms with van der Waals surface area (Å²) < 4.78 is 5.76. The van der Waals surface area contributed by atoms with Crippen molar-refractivity contribution in [1.29, 1.82) is 0 Å². The van der Waals surface area contributed by atoms with Crippen LogP contribution in [0.4, 0.5) is 5.69 Å². The average molecular weight is 419 g/mol. The zero-order valence-electron chi connectivity index (χ0n) is 17.6. The van der Waals surface area contributed by atoms with Crippen LogP contribution < -0.4 is 10.4 Å². The molecule has 0 amide bonds. The molecule has 0 spiro atoms. The number of para-hydroxylation sites is 1. The molecular weight excluding hydrogens is 392 g/mol. The lowest BCUT2D eigenvalue weighted by Crippen LogP contribution is -2.20. The van der Waals surface area contributed by atoms with Gasteiger partial charge in [0, 0.05) is 24.7 Å². The Hall–Kier alpha value is -3.12. The summed E-state index contributed by atoms with van der Waals surface area (Å²) in [5.41, 5.74) is 4.61. The number of benzene rings is 2. The molecule has 0 N–H and O–H groups in total. The zero-order valence-corrected chi connectivity index (χ0v) is 18.4. The third-order valence-corrected chi connectivity index (χ3v) is 6.39. The van der Waals surface area contributed by atoms with Gasteiger partial charge in [0.05, 0.1) is 11.4 Å². The Labute approximate surface area is 180 Å². The average Bonchev–Trinajstić information content (AvgIpc) is 3.21. The predicted octanol–water partition coefficient (Wildman–Crippen LogP) is 4.52. The first-order valence-electron chi connectivity index (χ1n) is 10.1. The molecule has 0 aliphatic heterocycles. The fourth-order valence-corrected chi connectivity index (χ4v) is 4.55. The van der Waals surface area contributed by atoms with Crippen molar-refractivity contribution in [2.24, 2.45) is 12.0 Å². The minimum Gasteiger partial charge on any atom is -0.321 e. The Morgan fingerprint density at radius 1 is 0.967 bits per heavy atom. The fourth-order valence-electron chi connectivity index (χ4n) is 3.64. The summed E-state index contributed by atoms with van der Waals surface area (Å²) in [6.07, 6.45) is 2.05. The summed E-state index contributed by atoms with van der Waals surface area (Å²) in [6, 6.07) is 20.2. The van der Waals surface area contributed by atoms with E-state index in [1.165, 1.54) is 11.3 Å². The monoisotopic (exact) mass is 418 g/mol. The SMILES string of the molecule is Cc1csc(=Nc2c(C)n(C)n(-c3ccccc3)c2=O)n1CCCc1ccccc1. The summed E-state index contributed by atoms with van der Waals surface area (Å²) in [5, 5.41) is 2.11. The molecule has 30 heavy (non-hydrogen) atoms. The van der Waals surface area contributed by atoms with E-state index >= 15 is 0 Å². The lowest BCUT2D eigenvalue weighted by atomic mass is 10.1. The van der Waals surface area contributed by atoms with Crippen LogP contribution in [0.1, 0.15) is 23.4 Å². The van der Waals surface area contributed by atoms with E-state index in [1.54, 1.807) is 16.0 Å². The van der Waals surface area contributed by atoms with Crippen LogP contribution in [0.15, 0.2) is 75.8 Å². The highest BCUT2D eigenvalue weighted by molar-refractivity contribution is 7.07. The van der Waals surface area contributed by atoms with Crippen molar-refractivity contribution in [3.63, 3.8) is 0 Å². The number of aryl methyl sites for hydroxylation is 2. The summed E-state index contributed by atoms with van der Waals surface area (Å²) >= 11 is 1.58. The molecule has 0 atom stereocenters. The Kier molecular flexibility index (Phi) is 5.86. The summed E-state index contributed by atoms with van der Waals surface area (Å²) in [4.78, 5) is 18.9. The van der Waals surface area contributed by atoms with Gasteiger partial charge in [0.1, 0.15) is 0 Å². The molecule has 0 radical (unpaired) electrons. The van der Waals surface area contributed by atoms with Crippen LogP contribution >= 0.6 is 11.3 Å². The highest BCUT2D eigenvalue weighted by atomic mass is 32.1. The first-order valence-corrected chi connectivity index (χ1v) is 11.0. The van der Waals surface area contributed by atoms with Crippen LogP contribution in [0.3, 0.4) is 0 Å². The largest absolute Gasteiger partial charge is 0.321 e. The minimum atomic E-state index is -0.0944. The van der Waals surface area contributed by atoms with Gasteiger partial charge in [-0.25, -0.2) is 9.67 Å². The maximum absolute atomic E-state index is 13.2. The van der Waals surface area contributed by atoms with Crippen molar-refractivity contribution in [3.8, 4) is 5.69 Å². The third-order valence-electron chi connectivity index (χ3n) is 5.41. The lowest BCUT2D eigenvalue weighted by molar-refractivity contribution is 0.614. The zero-order chi connectivity index (χ0) is 21.1. The molecule has 2 heterocycles. The summed E-state index contributed by atoms with van der Waals surface area (Å²) in [5.74, 6) is 0. The molecule has 0 aliphatic carbocycles. The van der Waals surface area contributed by atoms with Gasteiger partial charge in [-0.05, 0) is 44.4 Å². The topological polar surface area (TPSA) is 44.2 Å². The molecule has 5 nitrogen and oxygen atoms in total. The van der Waals surface area contributed by atoms with Crippen molar-refractivity contribution in [1.82, 2.24) is 13.9 Å². The molecule has 0 saturated carbocycles. The normalized spacial score (nSPS) is 11.9. The highest BCUT2D eigenvalue weighted by Crippen LogP contribution is 2.17. The molecule has 0 unspecified atom stereocenters. The van der Waals surface area contributed by atoms with Crippen molar-refractivity contribution >= 4 is 17.0 Å². The van der Waals surface area contributed by atoms with E-state index in [0.29, 0.717) is 5.69 Å². The van der Waals surface area contributed by atoms with Crippen LogP contribution in [0.2, 0.25) is 0 Å². The molecule has 4 aromatic rings. The van der Waals surface area contributed by atoms with E-state index in [4.69, 9.17) is 4.99 Å². The molecule has 0 aliphatic rings. The Morgan fingerprint density at radius 3 is 2.33 bits per heavy atom. The van der Waals surface area contributed by atoms with E-state index in [-0.39, 0.29) is 5.56 Å². The molecule has 0 saturated heterocycles. The van der Waals surface area contributed by atoms with E-state index < -0.39 is 0 Å². The molecule has 0 fully saturated rings. The first kappa shape index (κ1) is 20.2. The lowest BCUT2D eigenvalue weighted by Gasteiger charge is -2.07. The van der Waals surface area contributed by atoms with E-state index in [9.17, 15) is 4.79 Å². The van der Waals surface area contributed by atoms with Gasteiger partial charge in [-0.1, -0.05) is 48.5 Å². The van der Waals surface area contributed by atoms with Crippen LogP contribution in [0, 0.1) is 13.8 Å². The van der Waals surface area contributed by atoms with E-state index in [1.807, 2.05) is 55.1 Å². The van der Waals surface area contributed by atoms with Crippen molar-refractivity contribution in [3.05, 3.63) is 98.2 Å². The third kappa shape index (κ3) is 3.96. The van der Waals surface area contributed by atoms with Gasteiger partial charge in [0.2, 0.25) is 0 Å². The fraction of sp³-hybridized carbons (Fsp3) is 0.250. The van der Waals surface area contributed by atoms with Gasteiger partial charge in [-0.2, -0.15) is 0 Å². The second kappa shape index (κ2) is 8.71. The van der Waals surface area contributed by atoms with Crippen molar-refractivity contribution in [2.45, 2.75) is 33.2 Å². The van der Waals surface area contributed by atoms with Gasteiger partial charge >= 0.3 is 0 Å². The standard InChI is InChI=1S/C24H26N4OS/c1-18-17-30-24(27(18)16-10-13-20-11-6-4-7-12-20)25-22-19(2)26(3)28(23(22)29)21-14-8-5-9-15-21/h4-9,11-12,14-15,17H,10,13,16H2,1-3H3. The van der Waals surface area contributed by atoms with Crippen LogP contribution in [0.25, 0.3) is 5.69 Å². The van der Waals surface area contributed by atoms with Gasteiger partial charge in [0.25, 0.3) is 5.56 Å². The summed E-state index contributed by atoms with van der Waals surface area (Å²) in [7, 11) is 1.90. The van der Waals surface area contributed by atoms with Gasteiger partial charge in [-0.15, -0.1) is 11.3 Å². The van der Waals surface area contributed by atoms with E-state index in [2.05, 4.69) is 41.1 Å². The van der Waals surface area contributed by atoms with Gasteiger partial charge in [-0.3, -0.25) is 9.48 Å². The van der Waals surface area contributed by atoms with Crippen molar-refractivity contribution < 1.29 is 0 Å². The van der Waals surface area contributed by atoms with Gasteiger partial charge in [0.15, 0.2) is 10.5 Å². The van der Waals surface area contributed by atoms with Gasteiger partial charge < -0.3 is 4.57 Å². The maximum Gasteiger partial charge on any atom is 0.297 e. The Balaban J connectivity index is 1.67. The van der Waals surface area contributed by atoms with Crippen molar-refractivity contribution in [2.75, 3.05) is 0 Å². The minimum absolute atomic E-state index is 0.0944. The second-order valence-corrected chi connectivity index (χ2v) is 8.26. The number of aromatic nitrogens is 3. The molecule has 0 bridgehead atoms. The second-order valence-electron chi connectivity index (χ2n) is 7.42. The quantitative estimate of drug-likeness (QED) is 0.454. The molecule has 154 valence electrons. The number of nitrogens with zero attached hydrogens (tertiary/aromatic N) is 4. The first-order chi connectivity index (χ1) is 14.6. The molecular formula is C24H26N4OS. The smallest absolute Gasteiger partial charge is 0.297 e. The van der Waals surface area contributed by atoms with Crippen LogP contribution in [0.5, 0.6) is 0 Å². The van der Waals surface area contributed by atoms with Crippen LogP contribution in [-0.2, 0) is 20.0 Å². The summed E-state index contributed by atoms with van der Waals surface area (Å²) in [6.45, 7) is 4.92. The van der Waals surface area contributed by atoms with E-state index in [0.717, 1.165) is 35.6 Å². The Morgan fingerprint density at radius 2 is 1.63 bits per heavy atom. The van der Waals surface area contributed by atoms with Crippen LogP contribution in [-0.4, -0.2) is 13.9 Å². The number of thiazole rings is 1. The molecule has 6 heteroatoms. The number of hydrogen-bond donors (Lipinski definition) is 0. The maximum atomic E-state index is 13.2. The molecule has 2 aromatic carbocycles. The molecule has 2 aromatic heterocycles. The Bertz CT molecular complexity index is 1260. The molecule has 4 rings (SSSR count). The number of rotatable bonds is 6.